The molecule has 2 aromatic rings. The molecule has 4 heteroatoms. The van der Waals surface area contributed by atoms with Crippen LogP contribution < -0.4 is 0 Å². The van der Waals surface area contributed by atoms with Crippen LogP contribution in [0.3, 0.4) is 0 Å². The number of aromatic nitrogens is 2. The van der Waals surface area contributed by atoms with Crippen LogP contribution in [0.4, 0.5) is 0 Å². The maximum Gasteiger partial charge on any atom is 0.178 e. The number of hydrogen-bond acceptors (Lipinski definition) is 1. The molecule has 0 amide bonds. The Hall–Kier alpha value is -0.800. The van der Waals surface area contributed by atoms with Crippen LogP contribution in [0.15, 0.2) is 18.2 Å². The Bertz CT molecular complexity index is 628. The molecule has 1 aromatic carbocycles. The third-order valence-corrected chi connectivity index (χ3v) is 4.49. The average molecular weight is 281 g/mol. The molecule has 1 fully saturated rings. The maximum absolute atomic E-state index is 6.11. The summed E-state index contributed by atoms with van der Waals surface area (Å²) in [5.74, 6) is 0.787. The van der Waals surface area contributed by atoms with Gasteiger partial charge in [0.25, 0.3) is 0 Å². The lowest BCUT2D eigenvalue weighted by Gasteiger charge is -2.28. The van der Waals surface area contributed by atoms with Crippen molar-refractivity contribution in [3.63, 3.8) is 0 Å². The predicted molar refractivity (Wildman–Crippen MR) is 78.8 cm³/mol. The van der Waals surface area contributed by atoms with Crippen LogP contribution in [0.1, 0.15) is 38.6 Å². The summed E-state index contributed by atoms with van der Waals surface area (Å²) < 4.78 is 3.10. The lowest BCUT2D eigenvalue weighted by Crippen LogP contribution is -2.17. The monoisotopic (exact) mass is 280 g/mol. The highest BCUT2D eigenvalue weighted by molar-refractivity contribution is 7.71. The molecule has 1 heterocycles. The van der Waals surface area contributed by atoms with E-state index in [0.717, 1.165) is 26.7 Å². The van der Waals surface area contributed by atoms with Gasteiger partial charge in [0.1, 0.15) is 0 Å². The first-order chi connectivity index (χ1) is 8.65. The van der Waals surface area contributed by atoms with Gasteiger partial charge in [0.05, 0.1) is 11.0 Å². The van der Waals surface area contributed by atoms with Crippen LogP contribution in [0, 0.1) is 10.7 Å². The fraction of sp³-hybridized carbons (Fsp3) is 0.500. The Labute approximate surface area is 117 Å². The highest BCUT2D eigenvalue weighted by Gasteiger charge is 2.22. The number of benzene rings is 1. The SMILES string of the molecule is CC1CCCC(n2c(=S)[nH]c3ccc(Cl)cc32)C1. The van der Waals surface area contributed by atoms with Gasteiger partial charge in [0, 0.05) is 11.1 Å². The van der Waals surface area contributed by atoms with Gasteiger partial charge in [-0.15, -0.1) is 0 Å². The molecule has 18 heavy (non-hydrogen) atoms. The molecule has 96 valence electrons. The highest BCUT2D eigenvalue weighted by atomic mass is 35.5. The summed E-state index contributed by atoms with van der Waals surface area (Å²) in [5.41, 5.74) is 2.23. The number of aromatic amines is 1. The van der Waals surface area contributed by atoms with Gasteiger partial charge in [-0.05, 0) is 49.2 Å². The topological polar surface area (TPSA) is 20.7 Å². The summed E-state index contributed by atoms with van der Waals surface area (Å²) in [6.45, 7) is 2.33. The zero-order valence-corrected chi connectivity index (χ0v) is 12.0. The number of nitrogens with zero attached hydrogens (tertiary/aromatic N) is 1. The van der Waals surface area contributed by atoms with Crippen LogP contribution >= 0.6 is 23.8 Å². The molecule has 0 radical (unpaired) electrons. The number of rotatable bonds is 1. The Balaban J connectivity index is 2.12. The number of fused-ring (bicyclic) bond motifs is 1. The van der Waals surface area contributed by atoms with Gasteiger partial charge in [-0.1, -0.05) is 31.4 Å². The van der Waals surface area contributed by atoms with Crippen molar-refractivity contribution in [2.45, 2.75) is 38.6 Å². The zero-order valence-electron chi connectivity index (χ0n) is 10.4. The maximum atomic E-state index is 6.11. The van der Waals surface area contributed by atoms with Crippen molar-refractivity contribution in [2.24, 2.45) is 5.92 Å². The molecule has 1 aromatic heterocycles. The fourth-order valence-corrected chi connectivity index (χ4v) is 3.62. The predicted octanol–water partition coefficient (Wildman–Crippen LogP) is 5.10. The Morgan fingerprint density at radius 3 is 3.00 bits per heavy atom. The van der Waals surface area contributed by atoms with Gasteiger partial charge in [-0.2, -0.15) is 0 Å². The van der Waals surface area contributed by atoms with E-state index in [1.807, 2.05) is 18.2 Å². The van der Waals surface area contributed by atoms with Crippen LogP contribution in [0.5, 0.6) is 0 Å². The lowest BCUT2D eigenvalue weighted by atomic mass is 9.87. The second-order valence-electron chi connectivity index (χ2n) is 5.39. The van der Waals surface area contributed by atoms with Crippen molar-refractivity contribution >= 4 is 34.9 Å². The standard InChI is InChI=1S/C14H17ClN2S/c1-9-3-2-4-11(7-9)17-13-8-10(15)5-6-12(13)16-14(17)18/h5-6,8-9,11H,2-4,7H2,1H3,(H,16,18). The molecule has 0 saturated heterocycles. The first-order valence-electron chi connectivity index (χ1n) is 6.55. The summed E-state index contributed by atoms with van der Waals surface area (Å²) in [7, 11) is 0. The largest absolute Gasteiger partial charge is 0.331 e. The quantitative estimate of drug-likeness (QED) is 0.721. The van der Waals surface area contributed by atoms with Crippen molar-refractivity contribution < 1.29 is 0 Å². The highest BCUT2D eigenvalue weighted by Crippen LogP contribution is 2.35. The van der Waals surface area contributed by atoms with Gasteiger partial charge in [0.15, 0.2) is 4.77 Å². The minimum absolute atomic E-state index is 0.522. The summed E-state index contributed by atoms with van der Waals surface area (Å²) in [4.78, 5) is 3.29. The van der Waals surface area contributed by atoms with E-state index >= 15 is 0 Å². The number of halogens is 1. The third-order valence-electron chi connectivity index (χ3n) is 3.95. The van der Waals surface area contributed by atoms with E-state index in [9.17, 15) is 0 Å². The molecule has 1 aliphatic rings. The van der Waals surface area contributed by atoms with Crippen molar-refractivity contribution in [1.82, 2.24) is 9.55 Å². The van der Waals surface area contributed by atoms with Crippen molar-refractivity contribution in [3.8, 4) is 0 Å². The zero-order chi connectivity index (χ0) is 12.7. The van der Waals surface area contributed by atoms with Gasteiger partial charge < -0.3 is 9.55 Å². The smallest absolute Gasteiger partial charge is 0.178 e. The molecular weight excluding hydrogens is 264 g/mol. The van der Waals surface area contributed by atoms with E-state index in [1.165, 1.54) is 25.7 Å². The minimum Gasteiger partial charge on any atom is -0.331 e. The normalized spacial score (nSPS) is 24.6. The molecular formula is C14H17ClN2S. The minimum atomic E-state index is 0.522. The lowest BCUT2D eigenvalue weighted by molar-refractivity contribution is 0.285. The van der Waals surface area contributed by atoms with E-state index in [1.54, 1.807) is 0 Å². The van der Waals surface area contributed by atoms with E-state index < -0.39 is 0 Å². The summed E-state index contributed by atoms with van der Waals surface area (Å²) >= 11 is 11.6. The Kier molecular flexibility index (Phi) is 3.20. The number of imidazole rings is 1. The number of hydrogen-bond donors (Lipinski definition) is 1. The van der Waals surface area contributed by atoms with Gasteiger partial charge in [-0.3, -0.25) is 0 Å². The third kappa shape index (κ3) is 2.10. The van der Waals surface area contributed by atoms with Crippen LogP contribution in [0.2, 0.25) is 5.02 Å². The van der Waals surface area contributed by atoms with Gasteiger partial charge >= 0.3 is 0 Å². The number of H-pyrrole nitrogens is 1. The van der Waals surface area contributed by atoms with E-state index in [-0.39, 0.29) is 0 Å². The second kappa shape index (κ2) is 4.71. The second-order valence-corrected chi connectivity index (χ2v) is 6.21. The Morgan fingerprint density at radius 2 is 2.22 bits per heavy atom. The van der Waals surface area contributed by atoms with Crippen molar-refractivity contribution in [1.29, 1.82) is 0 Å². The molecule has 0 aliphatic heterocycles. The van der Waals surface area contributed by atoms with Crippen LogP contribution in [-0.2, 0) is 0 Å². The Morgan fingerprint density at radius 1 is 1.39 bits per heavy atom. The van der Waals surface area contributed by atoms with E-state index in [4.69, 9.17) is 23.8 Å². The van der Waals surface area contributed by atoms with Crippen LogP contribution in [-0.4, -0.2) is 9.55 Å². The van der Waals surface area contributed by atoms with Gasteiger partial charge in [0.2, 0.25) is 0 Å². The molecule has 2 nitrogen and oxygen atoms in total. The molecule has 1 N–H and O–H groups in total. The molecule has 2 atom stereocenters. The molecule has 1 aliphatic carbocycles. The summed E-state index contributed by atoms with van der Waals surface area (Å²) in [5, 5.41) is 0.772. The van der Waals surface area contributed by atoms with Crippen LogP contribution in [0.25, 0.3) is 11.0 Å². The fourth-order valence-electron chi connectivity index (χ4n) is 3.09. The molecule has 0 bridgehead atoms. The molecule has 2 unspecified atom stereocenters. The first-order valence-corrected chi connectivity index (χ1v) is 7.33. The van der Waals surface area contributed by atoms with Crippen molar-refractivity contribution in [2.75, 3.05) is 0 Å². The average Bonchev–Trinajstić information content (AvgIpc) is 2.64. The first kappa shape index (κ1) is 12.2. The van der Waals surface area contributed by atoms with Gasteiger partial charge in [-0.25, -0.2) is 0 Å². The van der Waals surface area contributed by atoms with Crippen molar-refractivity contribution in [3.05, 3.63) is 28.0 Å². The van der Waals surface area contributed by atoms with E-state index in [2.05, 4.69) is 16.5 Å². The summed E-state index contributed by atoms with van der Waals surface area (Å²) in [6, 6.07) is 6.45. The molecule has 3 rings (SSSR count). The summed E-state index contributed by atoms with van der Waals surface area (Å²) in [6.07, 6.45) is 5.07. The molecule has 0 spiro atoms. The number of nitrogens with one attached hydrogen (secondary N) is 1. The van der Waals surface area contributed by atoms with E-state index in [0.29, 0.717) is 6.04 Å². The molecule has 1 saturated carbocycles.